The fraction of sp³-hybridized carbons (Fsp3) is 0.0625. The molecule has 0 saturated carbocycles. The lowest BCUT2D eigenvalue weighted by atomic mass is 10.2. The molecule has 1 aliphatic heterocycles. The molecule has 22 heavy (non-hydrogen) atoms. The van der Waals surface area contributed by atoms with Crippen molar-refractivity contribution in [2.75, 3.05) is 0 Å². The SMILES string of the molecule is O=C1NC(=O)/C(=C/c2ccc(OCc3ccccn3)cc2)S1. The van der Waals surface area contributed by atoms with Gasteiger partial charge in [-0.25, -0.2) is 0 Å². The number of aromatic nitrogens is 1. The fourth-order valence-electron chi connectivity index (χ4n) is 1.87. The summed E-state index contributed by atoms with van der Waals surface area (Å²) in [5, 5.41) is 1.88. The molecule has 110 valence electrons. The van der Waals surface area contributed by atoms with Crippen molar-refractivity contribution < 1.29 is 14.3 Å². The van der Waals surface area contributed by atoms with E-state index in [1.165, 1.54) is 0 Å². The largest absolute Gasteiger partial charge is 0.487 e. The second-order valence-electron chi connectivity index (χ2n) is 4.53. The molecule has 1 aliphatic rings. The predicted molar refractivity (Wildman–Crippen MR) is 84.1 cm³/mol. The van der Waals surface area contributed by atoms with Crippen LogP contribution in [-0.4, -0.2) is 16.1 Å². The zero-order valence-corrected chi connectivity index (χ0v) is 12.3. The number of amides is 2. The molecule has 0 unspecified atom stereocenters. The first-order chi connectivity index (χ1) is 10.7. The van der Waals surface area contributed by atoms with E-state index in [1.807, 2.05) is 42.5 Å². The first-order valence-electron chi connectivity index (χ1n) is 6.58. The number of benzene rings is 1. The lowest BCUT2D eigenvalue weighted by molar-refractivity contribution is -0.115. The van der Waals surface area contributed by atoms with E-state index in [0.29, 0.717) is 17.3 Å². The van der Waals surface area contributed by atoms with Crippen LogP contribution in [-0.2, 0) is 11.4 Å². The Balaban J connectivity index is 1.64. The minimum Gasteiger partial charge on any atom is -0.487 e. The number of carbonyl (C=O) groups excluding carboxylic acids is 2. The summed E-state index contributed by atoms with van der Waals surface area (Å²) < 4.78 is 5.63. The average molecular weight is 312 g/mol. The molecule has 2 aromatic rings. The van der Waals surface area contributed by atoms with E-state index in [4.69, 9.17) is 4.74 Å². The van der Waals surface area contributed by atoms with Crippen molar-refractivity contribution in [3.05, 3.63) is 64.8 Å². The van der Waals surface area contributed by atoms with Gasteiger partial charge < -0.3 is 4.74 Å². The van der Waals surface area contributed by atoms with Crippen LogP contribution in [0.2, 0.25) is 0 Å². The molecule has 5 nitrogen and oxygen atoms in total. The van der Waals surface area contributed by atoms with E-state index < -0.39 is 0 Å². The van der Waals surface area contributed by atoms with Gasteiger partial charge >= 0.3 is 0 Å². The Morgan fingerprint density at radius 3 is 2.59 bits per heavy atom. The molecule has 3 rings (SSSR count). The Morgan fingerprint density at radius 2 is 1.95 bits per heavy atom. The third-order valence-corrected chi connectivity index (χ3v) is 3.74. The van der Waals surface area contributed by atoms with Gasteiger partial charge in [0.15, 0.2) is 0 Å². The van der Waals surface area contributed by atoms with Crippen LogP contribution in [0.3, 0.4) is 0 Å². The van der Waals surface area contributed by atoms with Crippen molar-refractivity contribution in [3.8, 4) is 5.75 Å². The molecule has 1 fully saturated rings. The normalized spacial score (nSPS) is 15.9. The van der Waals surface area contributed by atoms with Gasteiger partial charge in [-0.2, -0.15) is 0 Å². The predicted octanol–water partition coefficient (Wildman–Crippen LogP) is 2.98. The Kier molecular flexibility index (Phi) is 4.20. The van der Waals surface area contributed by atoms with Gasteiger partial charge in [0.25, 0.3) is 11.1 Å². The van der Waals surface area contributed by atoms with E-state index >= 15 is 0 Å². The summed E-state index contributed by atoms with van der Waals surface area (Å²) in [5.74, 6) is 0.359. The number of rotatable bonds is 4. The van der Waals surface area contributed by atoms with Crippen LogP contribution >= 0.6 is 11.8 Å². The van der Waals surface area contributed by atoms with Gasteiger partial charge in [-0.3, -0.25) is 19.9 Å². The van der Waals surface area contributed by atoms with E-state index in [2.05, 4.69) is 10.3 Å². The second kappa shape index (κ2) is 6.44. The van der Waals surface area contributed by atoms with Gasteiger partial charge in [-0.15, -0.1) is 0 Å². The quantitative estimate of drug-likeness (QED) is 0.879. The maximum absolute atomic E-state index is 11.5. The zero-order valence-electron chi connectivity index (χ0n) is 11.5. The van der Waals surface area contributed by atoms with Crippen molar-refractivity contribution in [2.45, 2.75) is 6.61 Å². The smallest absolute Gasteiger partial charge is 0.290 e. The highest BCUT2D eigenvalue weighted by Crippen LogP contribution is 2.26. The molecule has 2 heterocycles. The number of pyridine rings is 1. The highest BCUT2D eigenvalue weighted by Gasteiger charge is 2.24. The van der Waals surface area contributed by atoms with Crippen LogP contribution in [0.15, 0.2) is 53.6 Å². The highest BCUT2D eigenvalue weighted by molar-refractivity contribution is 8.18. The summed E-state index contributed by atoms with van der Waals surface area (Å²) >= 11 is 0.902. The number of nitrogens with zero attached hydrogens (tertiary/aromatic N) is 1. The lowest BCUT2D eigenvalue weighted by Gasteiger charge is -2.05. The summed E-state index contributed by atoms with van der Waals surface area (Å²) in [5.41, 5.74) is 1.68. The summed E-state index contributed by atoms with van der Waals surface area (Å²) in [7, 11) is 0. The van der Waals surface area contributed by atoms with Crippen LogP contribution < -0.4 is 10.1 Å². The maximum atomic E-state index is 11.5. The van der Waals surface area contributed by atoms with Crippen LogP contribution in [0.5, 0.6) is 5.75 Å². The fourth-order valence-corrected chi connectivity index (χ4v) is 2.56. The number of carbonyl (C=O) groups is 2. The van der Waals surface area contributed by atoms with E-state index in [9.17, 15) is 9.59 Å². The molecule has 0 aliphatic carbocycles. The van der Waals surface area contributed by atoms with Crippen molar-refractivity contribution in [1.82, 2.24) is 10.3 Å². The van der Waals surface area contributed by atoms with E-state index in [0.717, 1.165) is 23.0 Å². The molecule has 0 radical (unpaired) electrons. The Morgan fingerprint density at radius 1 is 1.14 bits per heavy atom. The molecule has 1 N–H and O–H groups in total. The maximum Gasteiger partial charge on any atom is 0.290 e. The van der Waals surface area contributed by atoms with Gasteiger partial charge in [0.2, 0.25) is 0 Å². The third kappa shape index (κ3) is 3.53. The van der Waals surface area contributed by atoms with Gasteiger partial charge in [0.05, 0.1) is 10.6 Å². The topological polar surface area (TPSA) is 68.3 Å². The van der Waals surface area contributed by atoms with Gasteiger partial charge in [0.1, 0.15) is 12.4 Å². The van der Waals surface area contributed by atoms with Crippen LogP contribution in [0.25, 0.3) is 6.08 Å². The number of hydrogen-bond acceptors (Lipinski definition) is 5. The first-order valence-corrected chi connectivity index (χ1v) is 7.40. The molecule has 0 bridgehead atoms. The Labute approximate surface area is 131 Å². The molecule has 1 saturated heterocycles. The molecule has 2 amide bonds. The third-order valence-electron chi connectivity index (χ3n) is 2.93. The summed E-state index contributed by atoms with van der Waals surface area (Å²) in [4.78, 5) is 27.1. The first kappa shape index (κ1) is 14.3. The number of thioether (sulfide) groups is 1. The average Bonchev–Trinajstić information content (AvgIpc) is 2.85. The van der Waals surface area contributed by atoms with Crippen molar-refractivity contribution in [3.63, 3.8) is 0 Å². The molecular formula is C16H12N2O3S. The van der Waals surface area contributed by atoms with Crippen LogP contribution in [0, 0.1) is 0 Å². The van der Waals surface area contributed by atoms with Crippen molar-refractivity contribution in [2.24, 2.45) is 0 Å². The molecule has 0 atom stereocenters. The lowest BCUT2D eigenvalue weighted by Crippen LogP contribution is -2.17. The highest BCUT2D eigenvalue weighted by atomic mass is 32.2. The standard InChI is InChI=1S/C16H12N2O3S/c19-15-14(22-16(20)18-15)9-11-4-6-13(7-5-11)21-10-12-3-1-2-8-17-12/h1-9H,10H2,(H,18,19,20)/b14-9-. The minimum atomic E-state index is -0.356. The van der Waals surface area contributed by atoms with Gasteiger partial charge in [-0.05, 0) is 47.7 Å². The minimum absolute atomic E-state index is 0.341. The molecule has 0 spiro atoms. The van der Waals surface area contributed by atoms with Crippen molar-refractivity contribution >= 4 is 29.0 Å². The Hall–Kier alpha value is -2.60. The van der Waals surface area contributed by atoms with Crippen LogP contribution in [0.4, 0.5) is 4.79 Å². The Bertz CT molecular complexity index is 727. The molecule has 1 aromatic carbocycles. The molecule has 1 aromatic heterocycles. The molecule has 6 heteroatoms. The number of hydrogen-bond donors (Lipinski definition) is 1. The second-order valence-corrected chi connectivity index (χ2v) is 5.55. The van der Waals surface area contributed by atoms with Gasteiger partial charge in [-0.1, -0.05) is 18.2 Å². The van der Waals surface area contributed by atoms with Crippen molar-refractivity contribution in [1.29, 1.82) is 0 Å². The zero-order chi connectivity index (χ0) is 15.4. The monoisotopic (exact) mass is 312 g/mol. The summed E-state index contributed by atoms with van der Waals surface area (Å²) in [6, 6.07) is 12.9. The summed E-state index contributed by atoms with van der Waals surface area (Å²) in [6.07, 6.45) is 3.40. The number of nitrogens with one attached hydrogen (secondary N) is 1. The molecular weight excluding hydrogens is 300 g/mol. The summed E-state index contributed by atoms with van der Waals surface area (Å²) in [6.45, 7) is 0.397. The number of ether oxygens (including phenoxy) is 1. The van der Waals surface area contributed by atoms with Crippen LogP contribution in [0.1, 0.15) is 11.3 Å². The number of imide groups is 1. The van der Waals surface area contributed by atoms with E-state index in [-0.39, 0.29) is 11.1 Å². The van der Waals surface area contributed by atoms with E-state index in [1.54, 1.807) is 12.3 Å². The van der Waals surface area contributed by atoms with Gasteiger partial charge in [0, 0.05) is 6.20 Å².